The van der Waals surface area contributed by atoms with E-state index in [1.807, 2.05) is 61.7 Å². The highest BCUT2D eigenvalue weighted by Gasteiger charge is 2.26. The van der Waals surface area contributed by atoms with Crippen LogP contribution in [0.1, 0.15) is 27.2 Å². The maximum absolute atomic E-state index is 13.5. The van der Waals surface area contributed by atoms with Gasteiger partial charge in [0.05, 0.1) is 5.69 Å². The minimum absolute atomic E-state index is 0.222. The standard InChI is InChI=1S/C28H18ClNO3/c1-16-9-10-24-22(11-16)25(28(33-24)27(31)17-5-4-6-20(29)13-17)18-12-19-15-32-23-8-3-2-7-21(23)26(19)30-14-18/h2-14H,15H2,1H3. The zero-order valence-electron chi connectivity index (χ0n) is 17.8. The van der Waals surface area contributed by atoms with Crippen molar-refractivity contribution in [2.75, 3.05) is 0 Å². The average molecular weight is 452 g/mol. The molecule has 1 aliphatic rings. The van der Waals surface area contributed by atoms with Crippen molar-refractivity contribution in [1.29, 1.82) is 0 Å². The number of fused-ring (bicyclic) bond motifs is 4. The summed E-state index contributed by atoms with van der Waals surface area (Å²) in [6.45, 7) is 2.43. The first-order valence-corrected chi connectivity index (χ1v) is 11.0. The number of aryl methyl sites for hydroxylation is 1. The normalized spacial score (nSPS) is 12.2. The Bertz CT molecular complexity index is 1570. The van der Waals surface area contributed by atoms with Crippen LogP contribution in [0.3, 0.4) is 0 Å². The molecule has 1 aliphatic heterocycles. The van der Waals surface area contributed by atoms with E-state index in [0.29, 0.717) is 22.8 Å². The third kappa shape index (κ3) is 3.31. The fraction of sp³-hybridized carbons (Fsp3) is 0.0714. The van der Waals surface area contributed by atoms with Gasteiger partial charge in [0.15, 0.2) is 5.76 Å². The Labute approximate surface area is 195 Å². The summed E-state index contributed by atoms with van der Waals surface area (Å²) in [6, 6.07) is 22.7. The van der Waals surface area contributed by atoms with Crippen molar-refractivity contribution in [2.24, 2.45) is 0 Å². The Morgan fingerprint density at radius 3 is 2.76 bits per heavy atom. The van der Waals surface area contributed by atoms with Crippen LogP contribution in [0, 0.1) is 6.92 Å². The minimum atomic E-state index is -0.222. The topological polar surface area (TPSA) is 52.3 Å². The monoisotopic (exact) mass is 451 g/mol. The molecule has 4 nitrogen and oxygen atoms in total. The first kappa shape index (κ1) is 19.8. The van der Waals surface area contributed by atoms with E-state index in [1.165, 1.54) is 0 Å². The van der Waals surface area contributed by atoms with E-state index in [2.05, 4.69) is 0 Å². The van der Waals surface area contributed by atoms with Gasteiger partial charge in [0.25, 0.3) is 0 Å². The molecule has 0 saturated heterocycles. The van der Waals surface area contributed by atoms with E-state index in [9.17, 15) is 4.79 Å². The lowest BCUT2D eigenvalue weighted by molar-refractivity contribution is 0.101. The zero-order valence-corrected chi connectivity index (χ0v) is 18.5. The number of rotatable bonds is 3. The lowest BCUT2D eigenvalue weighted by Gasteiger charge is -2.20. The summed E-state index contributed by atoms with van der Waals surface area (Å²) in [4.78, 5) is 18.3. The number of furan rings is 1. The second kappa shape index (κ2) is 7.61. The van der Waals surface area contributed by atoms with Crippen LogP contribution in [0.25, 0.3) is 33.4 Å². The van der Waals surface area contributed by atoms with Crippen LogP contribution in [-0.2, 0) is 6.61 Å². The van der Waals surface area contributed by atoms with Gasteiger partial charge in [-0.3, -0.25) is 9.78 Å². The second-order valence-corrected chi connectivity index (χ2v) is 8.60. The van der Waals surface area contributed by atoms with Crippen LogP contribution in [0.15, 0.2) is 83.4 Å². The molecule has 3 heterocycles. The van der Waals surface area contributed by atoms with Crippen LogP contribution in [0.5, 0.6) is 5.75 Å². The van der Waals surface area contributed by atoms with Gasteiger partial charge in [0, 0.05) is 44.4 Å². The number of carbonyl (C=O) groups is 1. The van der Waals surface area contributed by atoms with Crippen LogP contribution in [0.4, 0.5) is 0 Å². The number of benzene rings is 3. The third-order valence-corrected chi connectivity index (χ3v) is 6.15. The van der Waals surface area contributed by atoms with Gasteiger partial charge in [0.1, 0.15) is 17.9 Å². The molecule has 0 saturated carbocycles. The summed E-state index contributed by atoms with van der Waals surface area (Å²) in [6.07, 6.45) is 1.81. The summed E-state index contributed by atoms with van der Waals surface area (Å²) < 4.78 is 12.1. The van der Waals surface area contributed by atoms with Crippen LogP contribution in [0.2, 0.25) is 5.02 Å². The Morgan fingerprint density at radius 2 is 1.88 bits per heavy atom. The number of nitrogens with zero attached hydrogens (tertiary/aromatic N) is 1. The van der Waals surface area contributed by atoms with Crippen LogP contribution >= 0.6 is 11.6 Å². The summed E-state index contributed by atoms with van der Waals surface area (Å²) >= 11 is 6.15. The predicted molar refractivity (Wildman–Crippen MR) is 129 cm³/mol. The fourth-order valence-corrected chi connectivity index (χ4v) is 4.55. The van der Waals surface area contributed by atoms with Crippen LogP contribution < -0.4 is 4.74 Å². The van der Waals surface area contributed by atoms with Crippen molar-refractivity contribution in [2.45, 2.75) is 13.5 Å². The molecule has 0 radical (unpaired) electrons. The Balaban J connectivity index is 1.56. The van der Waals surface area contributed by atoms with Gasteiger partial charge in [-0.2, -0.15) is 0 Å². The van der Waals surface area contributed by atoms with E-state index in [-0.39, 0.29) is 11.5 Å². The average Bonchev–Trinajstić information content (AvgIpc) is 3.21. The number of halogens is 1. The van der Waals surface area contributed by atoms with Crippen molar-refractivity contribution in [3.63, 3.8) is 0 Å². The lowest BCUT2D eigenvalue weighted by Crippen LogP contribution is -2.07. The molecule has 6 rings (SSSR count). The molecular formula is C28H18ClNO3. The molecule has 0 bridgehead atoms. The molecule has 3 aromatic carbocycles. The molecule has 0 unspecified atom stereocenters. The van der Waals surface area contributed by atoms with Crippen molar-refractivity contribution in [3.05, 3.63) is 106 Å². The smallest absolute Gasteiger partial charge is 0.228 e. The SMILES string of the molecule is Cc1ccc2oc(C(=O)c3cccc(Cl)c3)c(-c3cnc4c(c3)COc3ccccc3-4)c2c1. The molecule has 5 aromatic rings. The number of hydrogen-bond donors (Lipinski definition) is 0. The number of aromatic nitrogens is 1. The third-order valence-electron chi connectivity index (χ3n) is 5.92. The van der Waals surface area contributed by atoms with Gasteiger partial charge >= 0.3 is 0 Å². The molecule has 33 heavy (non-hydrogen) atoms. The summed E-state index contributed by atoms with van der Waals surface area (Å²) in [5.74, 6) is 0.879. The lowest BCUT2D eigenvalue weighted by atomic mass is 9.95. The van der Waals surface area contributed by atoms with E-state index in [1.54, 1.807) is 24.3 Å². The van der Waals surface area contributed by atoms with Gasteiger partial charge < -0.3 is 9.15 Å². The Kier molecular flexibility index (Phi) is 4.56. The van der Waals surface area contributed by atoms with E-state index in [4.69, 9.17) is 25.7 Å². The quantitative estimate of drug-likeness (QED) is 0.271. The zero-order chi connectivity index (χ0) is 22.5. The van der Waals surface area contributed by atoms with Crippen molar-refractivity contribution in [1.82, 2.24) is 4.98 Å². The van der Waals surface area contributed by atoms with E-state index in [0.717, 1.165) is 44.6 Å². The Hall–Kier alpha value is -3.89. The Morgan fingerprint density at radius 1 is 1.00 bits per heavy atom. The van der Waals surface area contributed by atoms with Gasteiger partial charge in [0.2, 0.25) is 5.78 Å². The maximum Gasteiger partial charge on any atom is 0.228 e. The fourth-order valence-electron chi connectivity index (χ4n) is 4.36. The van der Waals surface area contributed by atoms with E-state index < -0.39 is 0 Å². The highest BCUT2D eigenvalue weighted by Crippen LogP contribution is 2.41. The summed E-state index contributed by atoms with van der Waals surface area (Å²) in [5.41, 5.74) is 6.58. The molecule has 0 fully saturated rings. The summed E-state index contributed by atoms with van der Waals surface area (Å²) in [7, 11) is 0. The molecule has 0 N–H and O–H groups in total. The number of para-hydroxylation sites is 1. The molecule has 5 heteroatoms. The molecule has 0 amide bonds. The van der Waals surface area contributed by atoms with Crippen molar-refractivity contribution in [3.8, 4) is 28.1 Å². The molecule has 0 atom stereocenters. The molecule has 2 aromatic heterocycles. The first-order chi connectivity index (χ1) is 16.1. The van der Waals surface area contributed by atoms with Crippen molar-refractivity contribution < 1.29 is 13.9 Å². The summed E-state index contributed by atoms with van der Waals surface area (Å²) in [5, 5.41) is 1.37. The van der Waals surface area contributed by atoms with Crippen molar-refractivity contribution >= 4 is 28.4 Å². The first-order valence-electron chi connectivity index (χ1n) is 10.6. The number of carbonyl (C=O) groups excluding carboxylic acids is 1. The largest absolute Gasteiger partial charge is 0.488 e. The molecule has 0 aliphatic carbocycles. The number of pyridine rings is 1. The van der Waals surface area contributed by atoms with E-state index >= 15 is 0 Å². The molecule has 0 spiro atoms. The maximum atomic E-state index is 13.5. The minimum Gasteiger partial charge on any atom is -0.488 e. The second-order valence-electron chi connectivity index (χ2n) is 8.16. The van der Waals surface area contributed by atoms with Gasteiger partial charge in [-0.1, -0.05) is 47.5 Å². The van der Waals surface area contributed by atoms with Crippen LogP contribution in [-0.4, -0.2) is 10.8 Å². The van der Waals surface area contributed by atoms with Gasteiger partial charge in [-0.15, -0.1) is 0 Å². The van der Waals surface area contributed by atoms with Gasteiger partial charge in [-0.05, 0) is 49.4 Å². The molecular weight excluding hydrogens is 434 g/mol. The number of ketones is 1. The highest BCUT2D eigenvalue weighted by molar-refractivity contribution is 6.31. The number of ether oxygens (including phenoxy) is 1. The number of hydrogen-bond acceptors (Lipinski definition) is 4. The van der Waals surface area contributed by atoms with Gasteiger partial charge in [-0.25, -0.2) is 0 Å². The predicted octanol–water partition coefficient (Wildman–Crippen LogP) is 7.25. The highest BCUT2D eigenvalue weighted by atomic mass is 35.5. The molecule has 160 valence electrons.